The first kappa shape index (κ1) is 21.6. The Morgan fingerprint density at radius 3 is 2.39 bits per heavy atom. The van der Waals surface area contributed by atoms with Crippen molar-refractivity contribution in [3.8, 4) is 6.07 Å². The van der Waals surface area contributed by atoms with Crippen LogP contribution in [0.15, 0.2) is 29.2 Å². The maximum Gasteiger partial charge on any atom is 0.348 e. The highest BCUT2D eigenvalue weighted by Crippen LogP contribution is 2.33. The summed E-state index contributed by atoms with van der Waals surface area (Å²) in [5.41, 5.74) is 1.33. The minimum Gasteiger partial charge on any atom is -0.462 e. The second-order valence-electron chi connectivity index (χ2n) is 5.86. The van der Waals surface area contributed by atoms with E-state index in [-0.39, 0.29) is 40.0 Å². The third kappa shape index (κ3) is 4.77. The number of rotatable bonds is 7. The molecule has 0 aliphatic rings. The summed E-state index contributed by atoms with van der Waals surface area (Å²) in [6, 6.07) is 8.10. The number of thiophene rings is 1. The van der Waals surface area contributed by atoms with Crippen LogP contribution < -0.4 is 5.32 Å². The van der Waals surface area contributed by atoms with E-state index in [1.165, 1.54) is 12.1 Å². The van der Waals surface area contributed by atoms with Crippen molar-refractivity contribution in [1.82, 2.24) is 0 Å². The maximum atomic E-state index is 12.4. The monoisotopic (exact) mass is 420 g/mol. The normalized spacial score (nSPS) is 10.9. The Morgan fingerprint density at radius 2 is 1.86 bits per heavy atom. The van der Waals surface area contributed by atoms with Gasteiger partial charge in [0.2, 0.25) is 5.91 Å². The molecule has 1 amide bonds. The van der Waals surface area contributed by atoms with Gasteiger partial charge in [-0.3, -0.25) is 4.79 Å². The largest absolute Gasteiger partial charge is 0.462 e. The van der Waals surface area contributed by atoms with E-state index in [9.17, 15) is 23.3 Å². The van der Waals surface area contributed by atoms with E-state index in [1.807, 2.05) is 6.07 Å². The molecule has 0 saturated heterocycles. The van der Waals surface area contributed by atoms with Gasteiger partial charge in [-0.1, -0.05) is 19.1 Å². The fraction of sp³-hybridized carbons (Fsp3) is 0.316. The molecule has 2 aromatic rings. The predicted molar refractivity (Wildman–Crippen MR) is 106 cm³/mol. The van der Waals surface area contributed by atoms with E-state index in [0.29, 0.717) is 16.1 Å². The van der Waals surface area contributed by atoms with Gasteiger partial charge in [0.05, 0.1) is 29.2 Å². The number of benzene rings is 1. The summed E-state index contributed by atoms with van der Waals surface area (Å²) in [7, 11) is -3.29. The van der Waals surface area contributed by atoms with Gasteiger partial charge < -0.3 is 10.1 Å². The van der Waals surface area contributed by atoms with Crippen molar-refractivity contribution in [2.24, 2.45) is 0 Å². The van der Waals surface area contributed by atoms with Crippen LogP contribution in [0.2, 0.25) is 0 Å². The fourth-order valence-corrected chi connectivity index (χ4v) is 4.42. The standard InChI is InChI=1S/C19H20N2O5S2/c1-4-26-19(23)17-12(3)15(11-20)18(27-17)21-16(22)10-13-6-8-14(9-7-13)28(24,25)5-2/h6-9H,4-5,10H2,1-3H3,(H,21,22). The Hall–Kier alpha value is -2.70. The zero-order valence-corrected chi connectivity index (χ0v) is 17.4. The summed E-state index contributed by atoms with van der Waals surface area (Å²) in [6.45, 7) is 5.09. The van der Waals surface area contributed by atoms with E-state index >= 15 is 0 Å². The van der Waals surface area contributed by atoms with Crippen LogP contribution in [0.3, 0.4) is 0 Å². The molecular weight excluding hydrogens is 400 g/mol. The molecule has 0 fully saturated rings. The molecular formula is C19H20N2O5S2. The first-order valence-corrected chi connectivity index (χ1v) is 11.0. The van der Waals surface area contributed by atoms with E-state index in [1.54, 1.807) is 32.9 Å². The van der Waals surface area contributed by atoms with Crippen molar-refractivity contribution < 1.29 is 22.7 Å². The van der Waals surface area contributed by atoms with Gasteiger partial charge in [0.25, 0.3) is 0 Å². The summed E-state index contributed by atoms with van der Waals surface area (Å²) in [5.74, 6) is -0.904. The Morgan fingerprint density at radius 1 is 1.21 bits per heavy atom. The van der Waals surface area contributed by atoms with Gasteiger partial charge in [-0.15, -0.1) is 11.3 Å². The second-order valence-corrected chi connectivity index (χ2v) is 9.16. The Labute approximate surface area is 167 Å². The summed E-state index contributed by atoms with van der Waals surface area (Å²) >= 11 is 0.998. The molecule has 0 spiro atoms. The lowest BCUT2D eigenvalue weighted by Crippen LogP contribution is -2.14. The number of anilines is 1. The van der Waals surface area contributed by atoms with E-state index in [0.717, 1.165) is 11.3 Å². The molecule has 1 N–H and O–H groups in total. The zero-order valence-electron chi connectivity index (χ0n) is 15.7. The minimum absolute atomic E-state index is 0.00298. The van der Waals surface area contributed by atoms with Gasteiger partial charge in [-0.25, -0.2) is 13.2 Å². The summed E-state index contributed by atoms with van der Waals surface area (Å²) < 4.78 is 28.6. The molecule has 1 heterocycles. The minimum atomic E-state index is -3.29. The van der Waals surface area contributed by atoms with Gasteiger partial charge in [0.1, 0.15) is 15.9 Å². The Bertz CT molecular complexity index is 1030. The van der Waals surface area contributed by atoms with Crippen LogP contribution >= 0.6 is 11.3 Å². The lowest BCUT2D eigenvalue weighted by atomic mass is 10.1. The molecule has 28 heavy (non-hydrogen) atoms. The fourth-order valence-electron chi connectivity index (χ4n) is 2.47. The summed E-state index contributed by atoms with van der Waals surface area (Å²) in [5, 5.41) is 12.3. The predicted octanol–water partition coefficient (Wildman–Crippen LogP) is 3.08. The third-order valence-electron chi connectivity index (χ3n) is 4.00. The molecule has 2 rings (SSSR count). The SMILES string of the molecule is CCOC(=O)c1sc(NC(=O)Cc2ccc(S(=O)(=O)CC)cc2)c(C#N)c1C. The van der Waals surface area contributed by atoms with E-state index in [4.69, 9.17) is 4.74 Å². The van der Waals surface area contributed by atoms with E-state index < -0.39 is 15.8 Å². The number of amides is 1. The molecule has 1 aromatic carbocycles. The van der Waals surface area contributed by atoms with Gasteiger partial charge in [-0.2, -0.15) is 5.26 Å². The van der Waals surface area contributed by atoms with Crippen molar-refractivity contribution in [3.63, 3.8) is 0 Å². The van der Waals surface area contributed by atoms with Crippen LogP contribution in [0.5, 0.6) is 0 Å². The van der Waals surface area contributed by atoms with Crippen molar-refractivity contribution in [2.75, 3.05) is 17.7 Å². The lowest BCUT2D eigenvalue weighted by Gasteiger charge is -2.05. The average Bonchev–Trinajstić information content (AvgIpc) is 2.97. The number of nitriles is 1. The van der Waals surface area contributed by atoms with Crippen LogP contribution in [-0.4, -0.2) is 32.7 Å². The van der Waals surface area contributed by atoms with Crippen LogP contribution in [0.25, 0.3) is 0 Å². The number of ether oxygens (including phenoxy) is 1. The highest BCUT2D eigenvalue weighted by molar-refractivity contribution is 7.91. The molecule has 9 heteroatoms. The van der Waals surface area contributed by atoms with Gasteiger partial charge >= 0.3 is 5.97 Å². The van der Waals surface area contributed by atoms with Crippen molar-refractivity contribution in [3.05, 3.63) is 45.8 Å². The third-order valence-corrected chi connectivity index (χ3v) is 6.94. The number of carbonyl (C=O) groups excluding carboxylic acids is 2. The van der Waals surface area contributed by atoms with Crippen LogP contribution in [-0.2, 0) is 25.8 Å². The smallest absolute Gasteiger partial charge is 0.348 e. The van der Waals surface area contributed by atoms with Crippen LogP contribution in [0, 0.1) is 18.3 Å². The molecule has 0 radical (unpaired) electrons. The number of nitrogens with zero attached hydrogens (tertiary/aromatic N) is 1. The number of sulfone groups is 1. The topological polar surface area (TPSA) is 113 Å². The molecule has 0 aliphatic carbocycles. The molecule has 0 aliphatic heterocycles. The first-order chi connectivity index (χ1) is 13.2. The van der Waals surface area contributed by atoms with Gasteiger partial charge in [0.15, 0.2) is 9.84 Å². The average molecular weight is 421 g/mol. The molecule has 148 valence electrons. The van der Waals surface area contributed by atoms with Crippen molar-refractivity contribution >= 4 is 38.1 Å². The molecule has 7 nitrogen and oxygen atoms in total. The second kappa shape index (κ2) is 8.99. The van der Waals surface area contributed by atoms with E-state index in [2.05, 4.69) is 5.32 Å². The summed E-state index contributed by atoms with van der Waals surface area (Å²) in [4.78, 5) is 24.8. The number of carbonyl (C=O) groups is 2. The highest BCUT2D eigenvalue weighted by Gasteiger charge is 2.22. The quantitative estimate of drug-likeness (QED) is 0.689. The number of hydrogen-bond donors (Lipinski definition) is 1. The van der Waals surface area contributed by atoms with Crippen molar-refractivity contribution in [1.29, 1.82) is 5.26 Å². The molecule has 0 atom stereocenters. The number of hydrogen-bond acceptors (Lipinski definition) is 7. The molecule has 0 unspecified atom stereocenters. The Balaban J connectivity index is 2.16. The number of esters is 1. The Kier molecular flexibility index (Phi) is 6.94. The number of nitrogens with one attached hydrogen (secondary N) is 1. The van der Waals surface area contributed by atoms with Gasteiger partial charge in [0, 0.05) is 0 Å². The zero-order chi connectivity index (χ0) is 20.9. The van der Waals surface area contributed by atoms with Crippen LogP contribution in [0.1, 0.15) is 40.2 Å². The maximum absolute atomic E-state index is 12.4. The molecule has 0 saturated carbocycles. The lowest BCUT2D eigenvalue weighted by molar-refractivity contribution is -0.115. The first-order valence-electron chi connectivity index (χ1n) is 8.55. The molecule has 0 bridgehead atoms. The summed E-state index contributed by atoms with van der Waals surface area (Å²) in [6.07, 6.45) is 0.00298. The van der Waals surface area contributed by atoms with Gasteiger partial charge in [-0.05, 0) is 37.1 Å². The molecule has 1 aromatic heterocycles. The van der Waals surface area contributed by atoms with Crippen LogP contribution in [0.4, 0.5) is 5.00 Å². The van der Waals surface area contributed by atoms with Crippen molar-refractivity contribution in [2.45, 2.75) is 32.1 Å². The highest BCUT2D eigenvalue weighted by atomic mass is 32.2.